The van der Waals surface area contributed by atoms with Crippen molar-refractivity contribution in [1.29, 1.82) is 0 Å². The highest BCUT2D eigenvalue weighted by Gasteiger charge is 2.41. The highest BCUT2D eigenvalue weighted by atomic mass is 28.3. The molecular weight excluding hydrogens is 745 g/mol. The number of rotatable bonds is 8. The van der Waals surface area contributed by atoms with Gasteiger partial charge in [-0.3, -0.25) is 4.57 Å². The summed E-state index contributed by atoms with van der Waals surface area (Å²) in [4.78, 5) is 15.1. The number of hydrogen-bond acceptors (Lipinski definition) is 3. The molecule has 11 rings (SSSR count). The molecule has 60 heavy (non-hydrogen) atoms. The van der Waals surface area contributed by atoms with Gasteiger partial charge in [-0.1, -0.05) is 200 Å². The summed E-state index contributed by atoms with van der Waals surface area (Å²) < 4.78 is 2.28. The van der Waals surface area contributed by atoms with E-state index in [1.165, 1.54) is 64.7 Å². The number of fused-ring (bicyclic) bond motifs is 5. The van der Waals surface area contributed by atoms with Crippen LogP contribution in [0.25, 0.3) is 61.8 Å². The van der Waals surface area contributed by atoms with Crippen molar-refractivity contribution in [2.75, 3.05) is 0 Å². The van der Waals surface area contributed by atoms with Crippen LogP contribution in [0.3, 0.4) is 0 Å². The molecule has 1 aliphatic rings. The van der Waals surface area contributed by atoms with Gasteiger partial charge in [0.15, 0.2) is 13.9 Å². The van der Waals surface area contributed by atoms with E-state index in [4.69, 9.17) is 15.0 Å². The first-order chi connectivity index (χ1) is 29.8. The minimum Gasteiger partial charge on any atom is -0.278 e. The lowest BCUT2D eigenvalue weighted by Gasteiger charge is -2.34. The number of allylic oxidation sites excluding steroid dienone is 1. The summed E-state index contributed by atoms with van der Waals surface area (Å²) in [6.45, 7) is 0. The fraction of sp³-hybridized carbons (Fsp3) is 0.0364. The van der Waals surface area contributed by atoms with Crippen molar-refractivity contribution < 1.29 is 0 Å². The highest BCUT2D eigenvalue weighted by molar-refractivity contribution is 7.19. The largest absolute Gasteiger partial charge is 0.278 e. The molecule has 0 fully saturated rings. The first-order valence-corrected chi connectivity index (χ1v) is 22.6. The third-order valence-corrected chi connectivity index (χ3v) is 17.1. The maximum atomic E-state index is 5.31. The summed E-state index contributed by atoms with van der Waals surface area (Å²) in [6.07, 6.45) is 5.91. The van der Waals surface area contributed by atoms with Crippen molar-refractivity contribution in [3.8, 4) is 28.5 Å². The lowest BCUT2D eigenvalue weighted by molar-refractivity contribution is 0.902. The zero-order chi connectivity index (χ0) is 39.9. The Kier molecular flexibility index (Phi) is 8.94. The maximum absolute atomic E-state index is 5.31. The zero-order valence-electron chi connectivity index (χ0n) is 33.0. The van der Waals surface area contributed by atoms with E-state index >= 15 is 0 Å². The average Bonchev–Trinajstić information content (AvgIpc) is 3.67. The monoisotopic (exact) mass is 784 g/mol. The van der Waals surface area contributed by atoms with E-state index in [0.717, 1.165) is 29.6 Å². The van der Waals surface area contributed by atoms with Crippen LogP contribution in [0.1, 0.15) is 23.2 Å². The number of hydrogen-bond donors (Lipinski definition) is 0. The van der Waals surface area contributed by atoms with Gasteiger partial charge < -0.3 is 0 Å². The molecule has 0 saturated carbocycles. The molecule has 0 atom stereocenters. The second-order valence-corrected chi connectivity index (χ2v) is 19.3. The van der Waals surface area contributed by atoms with E-state index < -0.39 is 8.07 Å². The summed E-state index contributed by atoms with van der Waals surface area (Å²) in [5.74, 6) is 1.25. The Hall–Kier alpha value is -7.47. The number of aryl methyl sites for hydroxylation is 1. The van der Waals surface area contributed by atoms with Gasteiger partial charge in [0.25, 0.3) is 0 Å². The number of benzene rings is 8. The third kappa shape index (κ3) is 5.93. The first kappa shape index (κ1) is 35.7. The summed E-state index contributed by atoms with van der Waals surface area (Å²) in [5.41, 5.74) is 9.42. The van der Waals surface area contributed by atoms with E-state index in [1.54, 1.807) is 6.33 Å². The fourth-order valence-electron chi connectivity index (χ4n) is 9.57. The fourth-order valence-corrected chi connectivity index (χ4v) is 14.3. The number of nitrogens with zero attached hydrogens (tertiary/aromatic N) is 4. The standard InChI is InChI=1S/C55H40N4Si/c1-6-18-39(19-7-1)42-32-35-49-51(36-42)59(52-37-50(40-20-8-2-9-21-40)47-28-16-17-29-48(47)53(49)52)55-57-38-56-54(58-55)41-30-33-46(34-31-41)60(43-22-10-3-11-23-43,44-24-12-4-13-25-44)45-26-14-5-15-27-45/h1-31,33-34,36-38H,32,35H2. The molecule has 0 amide bonds. The molecule has 0 unspecified atom stereocenters. The molecule has 0 spiro atoms. The van der Waals surface area contributed by atoms with E-state index in [2.05, 4.69) is 217 Å². The van der Waals surface area contributed by atoms with Crippen LogP contribution in [0.2, 0.25) is 0 Å². The Morgan fingerprint density at radius 3 is 1.57 bits per heavy atom. The van der Waals surface area contributed by atoms with E-state index in [-0.39, 0.29) is 0 Å². The molecule has 0 aliphatic heterocycles. The van der Waals surface area contributed by atoms with Gasteiger partial charge in [-0.25, -0.2) is 9.97 Å². The highest BCUT2D eigenvalue weighted by Crippen LogP contribution is 2.43. The second kappa shape index (κ2) is 15.0. The van der Waals surface area contributed by atoms with E-state index in [1.807, 2.05) is 0 Å². The van der Waals surface area contributed by atoms with Crippen LogP contribution in [0.4, 0.5) is 0 Å². The van der Waals surface area contributed by atoms with Crippen molar-refractivity contribution >= 4 is 62.1 Å². The lowest BCUT2D eigenvalue weighted by atomic mass is 9.89. The molecule has 0 N–H and O–H groups in total. The predicted molar refractivity (Wildman–Crippen MR) is 251 cm³/mol. The van der Waals surface area contributed by atoms with Crippen LogP contribution in [-0.2, 0) is 6.42 Å². The van der Waals surface area contributed by atoms with Crippen LogP contribution in [0, 0.1) is 0 Å². The molecule has 1 aliphatic carbocycles. The summed E-state index contributed by atoms with van der Waals surface area (Å²) in [5, 5.41) is 9.07. The molecular formula is C55H40N4Si. The van der Waals surface area contributed by atoms with Gasteiger partial charge in [-0.15, -0.1) is 0 Å². The van der Waals surface area contributed by atoms with Gasteiger partial charge in [0.05, 0.1) is 11.2 Å². The van der Waals surface area contributed by atoms with E-state index in [0.29, 0.717) is 11.8 Å². The smallest absolute Gasteiger partial charge is 0.238 e. The van der Waals surface area contributed by atoms with Crippen LogP contribution < -0.4 is 20.7 Å². The van der Waals surface area contributed by atoms with Crippen LogP contribution in [-0.4, -0.2) is 27.6 Å². The first-order valence-electron chi connectivity index (χ1n) is 20.6. The Bertz CT molecular complexity index is 3070. The molecule has 8 aromatic carbocycles. The Morgan fingerprint density at radius 1 is 0.450 bits per heavy atom. The van der Waals surface area contributed by atoms with Gasteiger partial charge in [-0.05, 0) is 84.3 Å². The van der Waals surface area contributed by atoms with Crippen LogP contribution in [0.5, 0.6) is 0 Å². The van der Waals surface area contributed by atoms with Crippen LogP contribution in [0.15, 0.2) is 213 Å². The second-order valence-electron chi connectivity index (χ2n) is 15.5. The average molecular weight is 785 g/mol. The topological polar surface area (TPSA) is 43.6 Å². The molecule has 0 saturated heterocycles. The quantitative estimate of drug-likeness (QED) is 0.114. The molecule has 284 valence electrons. The maximum Gasteiger partial charge on any atom is 0.238 e. The zero-order valence-corrected chi connectivity index (χ0v) is 34.0. The van der Waals surface area contributed by atoms with Gasteiger partial charge >= 0.3 is 0 Å². The summed E-state index contributed by atoms with van der Waals surface area (Å²) in [7, 11) is -2.68. The SMILES string of the molecule is C1=C(c2ccccc2)CCc2c1n(-c1ncnc(-c3ccc([Si](c4ccccc4)(c4ccccc4)c4ccccc4)cc3)n1)c1cc(-c3ccccc3)c3ccccc3c21. The molecule has 0 radical (unpaired) electrons. The van der Waals surface area contributed by atoms with Gasteiger partial charge in [0.1, 0.15) is 6.33 Å². The molecule has 0 bridgehead atoms. The lowest BCUT2D eigenvalue weighted by Crippen LogP contribution is -2.74. The summed E-state index contributed by atoms with van der Waals surface area (Å²) >= 11 is 0. The predicted octanol–water partition coefficient (Wildman–Crippen LogP) is 10.2. The van der Waals surface area contributed by atoms with Crippen molar-refractivity contribution in [3.63, 3.8) is 0 Å². The minimum absolute atomic E-state index is 0.608. The van der Waals surface area contributed by atoms with Gasteiger partial charge in [0, 0.05) is 10.9 Å². The molecule has 2 heterocycles. The minimum atomic E-state index is -2.68. The van der Waals surface area contributed by atoms with Gasteiger partial charge in [0.2, 0.25) is 5.95 Å². The molecule has 2 aromatic heterocycles. The third-order valence-electron chi connectivity index (χ3n) is 12.3. The summed E-state index contributed by atoms with van der Waals surface area (Å²) in [6, 6.07) is 74.7. The Balaban J connectivity index is 1.10. The molecule has 4 nitrogen and oxygen atoms in total. The Labute approximate surface area is 350 Å². The van der Waals surface area contributed by atoms with Crippen LogP contribution >= 0.6 is 0 Å². The number of aromatic nitrogens is 4. The Morgan fingerprint density at radius 2 is 0.967 bits per heavy atom. The molecule has 10 aromatic rings. The normalized spacial score (nSPS) is 12.6. The van der Waals surface area contributed by atoms with Crippen molar-refractivity contribution in [2.24, 2.45) is 0 Å². The van der Waals surface area contributed by atoms with Crippen molar-refractivity contribution in [2.45, 2.75) is 12.8 Å². The van der Waals surface area contributed by atoms with E-state index in [9.17, 15) is 0 Å². The van der Waals surface area contributed by atoms with Crippen molar-refractivity contribution in [1.82, 2.24) is 19.5 Å². The van der Waals surface area contributed by atoms with Crippen molar-refractivity contribution in [3.05, 3.63) is 229 Å². The van der Waals surface area contributed by atoms with Gasteiger partial charge in [-0.2, -0.15) is 4.98 Å². The molecule has 5 heteroatoms.